The summed E-state index contributed by atoms with van der Waals surface area (Å²) in [6, 6.07) is 0.331. The third-order valence-corrected chi connectivity index (χ3v) is 5.09. The topological polar surface area (TPSA) is 33.1 Å². The van der Waals surface area contributed by atoms with Crippen molar-refractivity contribution in [2.24, 2.45) is 5.92 Å². The van der Waals surface area contributed by atoms with Crippen molar-refractivity contribution in [3.63, 3.8) is 0 Å². The van der Waals surface area contributed by atoms with Crippen LogP contribution in [0.2, 0.25) is 0 Å². The van der Waals surface area contributed by atoms with Gasteiger partial charge in [0.25, 0.3) is 0 Å². The van der Waals surface area contributed by atoms with Gasteiger partial charge in [0, 0.05) is 12.3 Å². The summed E-state index contributed by atoms with van der Waals surface area (Å²) >= 11 is 5.64. The van der Waals surface area contributed by atoms with E-state index in [0.29, 0.717) is 6.04 Å². The van der Waals surface area contributed by atoms with Crippen LogP contribution in [0.3, 0.4) is 0 Å². The van der Waals surface area contributed by atoms with Gasteiger partial charge in [-0.1, -0.05) is 13.8 Å². The lowest BCUT2D eigenvalue weighted by molar-refractivity contribution is 0.365. The first kappa shape index (κ1) is 18.0. The quantitative estimate of drug-likeness (QED) is 0.732. The molecule has 0 amide bonds. The normalized spacial score (nSPS) is 13.4. The molecule has 116 valence electrons. The molecule has 0 aliphatic carbocycles. The molecule has 1 rings (SSSR count). The zero-order valence-electron chi connectivity index (χ0n) is 13.2. The van der Waals surface area contributed by atoms with Crippen LogP contribution in [0.5, 0.6) is 0 Å². The molecule has 0 saturated heterocycles. The van der Waals surface area contributed by atoms with E-state index in [9.17, 15) is 0 Å². The first-order valence-corrected chi connectivity index (χ1v) is 9.01. The number of likely N-dealkylation sites (N-methyl/N-ethyl adjacent to an activating group) is 1. The zero-order chi connectivity index (χ0) is 15.1. The van der Waals surface area contributed by atoms with Crippen molar-refractivity contribution in [2.75, 3.05) is 39.2 Å². The van der Waals surface area contributed by atoms with Gasteiger partial charge in [-0.15, -0.1) is 0 Å². The molecule has 1 heterocycles. The van der Waals surface area contributed by atoms with Gasteiger partial charge in [0.05, 0.1) is 29.0 Å². The van der Waals surface area contributed by atoms with Crippen LogP contribution in [0.4, 0.5) is 0 Å². The molecule has 0 fully saturated rings. The standard InChI is InChI=1S/C14H27BrN4S/c1-11(2)9-20-10-13(16-3)14-12(15)8-17-19(14)7-6-18(4)5/h8,11,13,16H,6-7,9-10H2,1-5H3. The zero-order valence-corrected chi connectivity index (χ0v) is 15.6. The minimum Gasteiger partial charge on any atom is -0.311 e. The number of hydrogen-bond donors (Lipinski definition) is 1. The van der Waals surface area contributed by atoms with Crippen LogP contribution in [-0.2, 0) is 6.54 Å². The highest BCUT2D eigenvalue weighted by Gasteiger charge is 2.19. The van der Waals surface area contributed by atoms with Crippen LogP contribution in [-0.4, -0.2) is 53.9 Å². The van der Waals surface area contributed by atoms with E-state index in [0.717, 1.165) is 29.2 Å². The summed E-state index contributed by atoms with van der Waals surface area (Å²) in [5.41, 5.74) is 1.26. The molecule has 1 aromatic heterocycles. The van der Waals surface area contributed by atoms with E-state index in [2.05, 4.69) is 63.9 Å². The molecule has 1 aromatic rings. The summed E-state index contributed by atoms with van der Waals surface area (Å²) in [7, 11) is 6.20. The van der Waals surface area contributed by atoms with Gasteiger partial charge in [0.15, 0.2) is 0 Å². The number of halogens is 1. The molecule has 0 radical (unpaired) electrons. The van der Waals surface area contributed by atoms with Gasteiger partial charge in [0.1, 0.15) is 0 Å². The first-order chi connectivity index (χ1) is 9.45. The van der Waals surface area contributed by atoms with E-state index in [4.69, 9.17) is 0 Å². The Morgan fingerprint density at radius 2 is 2.10 bits per heavy atom. The average Bonchev–Trinajstić information content (AvgIpc) is 2.73. The maximum atomic E-state index is 4.49. The second-order valence-corrected chi connectivity index (χ2v) is 7.61. The fraction of sp³-hybridized carbons (Fsp3) is 0.786. The summed E-state index contributed by atoms with van der Waals surface area (Å²) in [4.78, 5) is 2.18. The van der Waals surface area contributed by atoms with Crippen LogP contribution < -0.4 is 5.32 Å². The fourth-order valence-electron chi connectivity index (χ4n) is 1.91. The van der Waals surface area contributed by atoms with Gasteiger partial charge >= 0.3 is 0 Å². The Hall–Kier alpha value is -0.0400. The van der Waals surface area contributed by atoms with Gasteiger partial charge in [-0.25, -0.2) is 0 Å². The van der Waals surface area contributed by atoms with Crippen LogP contribution in [0.1, 0.15) is 25.6 Å². The molecule has 0 spiro atoms. The molecule has 1 N–H and O–H groups in total. The molecule has 0 saturated carbocycles. The van der Waals surface area contributed by atoms with Crippen LogP contribution >= 0.6 is 27.7 Å². The van der Waals surface area contributed by atoms with E-state index < -0.39 is 0 Å². The summed E-state index contributed by atoms with van der Waals surface area (Å²) in [5, 5.41) is 7.92. The third-order valence-electron chi connectivity index (χ3n) is 3.01. The number of rotatable bonds is 9. The number of hydrogen-bond acceptors (Lipinski definition) is 4. The number of thioether (sulfide) groups is 1. The monoisotopic (exact) mass is 362 g/mol. The van der Waals surface area contributed by atoms with Crippen molar-refractivity contribution >= 4 is 27.7 Å². The smallest absolute Gasteiger partial charge is 0.0704 e. The highest BCUT2D eigenvalue weighted by Crippen LogP contribution is 2.26. The van der Waals surface area contributed by atoms with E-state index in [1.807, 2.05) is 25.0 Å². The van der Waals surface area contributed by atoms with Gasteiger partial charge in [-0.3, -0.25) is 4.68 Å². The second kappa shape index (κ2) is 9.07. The maximum Gasteiger partial charge on any atom is 0.0704 e. The highest BCUT2D eigenvalue weighted by atomic mass is 79.9. The van der Waals surface area contributed by atoms with E-state index in [-0.39, 0.29) is 0 Å². The maximum absolute atomic E-state index is 4.49. The number of aromatic nitrogens is 2. The van der Waals surface area contributed by atoms with E-state index in [1.165, 1.54) is 11.4 Å². The predicted molar refractivity (Wildman–Crippen MR) is 92.4 cm³/mol. The predicted octanol–water partition coefficient (Wildman–Crippen LogP) is 2.86. The number of nitrogens with one attached hydrogen (secondary N) is 1. The van der Waals surface area contributed by atoms with Crippen molar-refractivity contribution in [1.29, 1.82) is 0 Å². The van der Waals surface area contributed by atoms with Gasteiger partial charge in [-0.05, 0) is 48.7 Å². The largest absolute Gasteiger partial charge is 0.311 e. The molecule has 20 heavy (non-hydrogen) atoms. The summed E-state index contributed by atoms with van der Waals surface area (Å²) < 4.78 is 3.21. The van der Waals surface area contributed by atoms with Crippen molar-refractivity contribution in [3.8, 4) is 0 Å². The molecule has 0 bridgehead atoms. The first-order valence-electron chi connectivity index (χ1n) is 7.06. The average molecular weight is 363 g/mol. The lowest BCUT2D eigenvalue weighted by Crippen LogP contribution is -2.26. The molecule has 1 unspecified atom stereocenters. The molecule has 0 aliphatic heterocycles. The molecule has 4 nitrogen and oxygen atoms in total. The second-order valence-electron chi connectivity index (χ2n) is 5.68. The summed E-state index contributed by atoms with van der Waals surface area (Å²) in [5.74, 6) is 3.00. The minimum atomic E-state index is 0.331. The van der Waals surface area contributed by atoms with Crippen LogP contribution in [0, 0.1) is 5.92 Å². The summed E-state index contributed by atoms with van der Waals surface area (Å²) in [6.07, 6.45) is 1.91. The Kier molecular flexibility index (Phi) is 8.17. The SMILES string of the molecule is CNC(CSCC(C)C)c1c(Br)cnn1CCN(C)C. The lowest BCUT2D eigenvalue weighted by Gasteiger charge is -2.20. The van der Waals surface area contributed by atoms with Crippen molar-refractivity contribution in [2.45, 2.75) is 26.4 Å². The van der Waals surface area contributed by atoms with Crippen molar-refractivity contribution in [1.82, 2.24) is 20.0 Å². The Morgan fingerprint density at radius 1 is 1.40 bits per heavy atom. The lowest BCUT2D eigenvalue weighted by atomic mass is 10.2. The van der Waals surface area contributed by atoms with E-state index in [1.54, 1.807) is 0 Å². The molecule has 1 atom stereocenters. The number of nitrogens with zero attached hydrogens (tertiary/aromatic N) is 3. The van der Waals surface area contributed by atoms with Gasteiger partial charge in [-0.2, -0.15) is 16.9 Å². The van der Waals surface area contributed by atoms with Gasteiger partial charge in [0.2, 0.25) is 0 Å². The Morgan fingerprint density at radius 3 is 2.65 bits per heavy atom. The highest BCUT2D eigenvalue weighted by molar-refractivity contribution is 9.10. The van der Waals surface area contributed by atoms with E-state index >= 15 is 0 Å². The van der Waals surface area contributed by atoms with Crippen molar-refractivity contribution < 1.29 is 0 Å². The van der Waals surface area contributed by atoms with Crippen LogP contribution in [0.25, 0.3) is 0 Å². The van der Waals surface area contributed by atoms with Crippen molar-refractivity contribution in [3.05, 3.63) is 16.4 Å². The van der Waals surface area contributed by atoms with Crippen LogP contribution in [0.15, 0.2) is 10.7 Å². The Labute approximate surface area is 135 Å². The van der Waals surface area contributed by atoms with Gasteiger partial charge < -0.3 is 10.2 Å². The Bertz CT molecular complexity index is 393. The molecule has 0 aromatic carbocycles. The molecular weight excluding hydrogens is 336 g/mol. The molecular formula is C14H27BrN4S. The fourth-order valence-corrected chi connectivity index (χ4v) is 3.65. The molecule has 6 heteroatoms. The minimum absolute atomic E-state index is 0.331. The summed E-state index contributed by atoms with van der Waals surface area (Å²) in [6.45, 7) is 6.44. The molecule has 0 aliphatic rings. The Balaban J connectivity index is 2.72. The third kappa shape index (κ3) is 5.76.